The van der Waals surface area contributed by atoms with Gasteiger partial charge in [-0.2, -0.15) is 0 Å². The van der Waals surface area contributed by atoms with E-state index in [1.165, 1.54) is 0 Å². The van der Waals surface area contributed by atoms with E-state index in [0.29, 0.717) is 23.9 Å². The zero-order valence-electron chi connectivity index (χ0n) is 19.8. The monoisotopic (exact) mass is 451 g/mol. The molecule has 1 aromatic carbocycles. The second-order valence-corrected chi connectivity index (χ2v) is 9.61. The Balaban J connectivity index is 1.57. The number of fused-ring (bicyclic) bond motifs is 1. The Hall–Kier alpha value is -2.90. The van der Waals surface area contributed by atoms with Gasteiger partial charge in [0.1, 0.15) is 11.4 Å². The number of aliphatic hydroxyl groups excluding tert-OH is 1. The summed E-state index contributed by atoms with van der Waals surface area (Å²) in [5.74, 6) is 0.623. The number of aliphatic hydroxyl groups is 1. The van der Waals surface area contributed by atoms with Crippen LogP contribution in [0.15, 0.2) is 42.7 Å². The lowest BCUT2D eigenvalue weighted by Gasteiger charge is -2.25. The number of rotatable bonds is 9. The standard InChI is InChI=1S/C26H33N3O4/c1-5-6-13-32-24(30)21-15-19(17-7-8-17)16-27-23(21)28-20-9-10-22-18(14-20)11-12-29(22)25(31)33-26(2,3)4/h9-12,14-17,25,31H,5-8,13H2,1-4H3,(H,27,28). The smallest absolute Gasteiger partial charge is 0.341 e. The molecule has 1 aliphatic rings. The number of nitrogens with one attached hydrogen (secondary N) is 1. The van der Waals surface area contributed by atoms with E-state index in [9.17, 15) is 9.90 Å². The van der Waals surface area contributed by atoms with E-state index in [1.807, 2.05) is 57.3 Å². The maximum atomic E-state index is 12.8. The number of hydrogen-bond donors (Lipinski definition) is 2. The minimum Gasteiger partial charge on any atom is -0.462 e. The van der Waals surface area contributed by atoms with Crippen molar-refractivity contribution in [3.63, 3.8) is 0 Å². The molecule has 1 fully saturated rings. The van der Waals surface area contributed by atoms with Crippen molar-refractivity contribution < 1.29 is 19.4 Å². The highest BCUT2D eigenvalue weighted by Gasteiger charge is 2.26. The summed E-state index contributed by atoms with van der Waals surface area (Å²) in [6.07, 6.45) is 6.63. The van der Waals surface area contributed by atoms with E-state index in [0.717, 1.165) is 47.8 Å². The summed E-state index contributed by atoms with van der Waals surface area (Å²) in [4.78, 5) is 17.3. The minimum absolute atomic E-state index is 0.351. The van der Waals surface area contributed by atoms with Gasteiger partial charge in [-0.3, -0.25) is 4.57 Å². The van der Waals surface area contributed by atoms with Gasteiger partial charge in [0.15, 0.2) is 0 Å². The third-order valence-corrected chi connectivity index (χ3v) is 5.59. The molecule has 7 nitrogen and oxygen atoms in total. The van der Waals surface area contributed by atoms with Gasteiger partial charge >= 0.3 is 5.97 Å². The second kappa shape index (κ2) is 9.53. The van der Waals surface area contributed by atoms with Crippen LogP contribution in [-0.4, -0.2) is 32.8 Å². The lowest BCUT2D eigenvalue weighted by atomic mass is 10.1. The topological polar surface area (TPSA) is 85.6 Å². The molecular formula is C26H33N3O4. The van der Waals surface area contributed by atoms with E-state index in [4.69, 9.17) is 9.47 Å². The summed E-state index contributed by atoms with van der Waals surface area (Å²) >= 11 is 0. The number of unbranched alkanes of at least 4 members (excludes halogenated alkanes) is 1. The van der Waals surface area contributed by atoms with Crippen LogP contribution in [0.5, 0.6) is 0 Å². The van der Waals surface area contributed by atoms with E-state index >= 15 is 0 Å². The zero-order chi connectivity index (χ0) is 23.6. The number of nitrogens with zero attached hydrogens (tertiary/aromatic N) is 2. The van der Waals surface area contributed by atoms with Crippen molar-refractivity contribution in [2.75, 3.05) is 11.9 Å². The highest BCUT2D eigenvalue weighted by Crippen LogP contribution is 2.40. The molecule has 2 N–H and O–H groups in total. The third-order valence-electron chi connectivity index (χ3n) is 5.59. The average Bonchev–Trinajstić information content (AvgIpc) is 3.52. The number of carbonyl (C=O) groups is 1. The summed E-state index contributed by atoms with van der Waals surface area (Å²) in [5.41, 5.74) is 2.71. The van der Waals surface area contributed by atoms with Crippen LogP contribution in [0, 0.1) is 0 Å². The van der Waals surface area contributed by atoms with E-state index < -0.39 is 12.0 Å². The fourth-order valence-corrected chi connectivity index (χ4v) is 3.71. The van der Waals surface area contributed by atoms with Gasteiger partial charge in [-0.15, -0.1) is 0 Å². The molecule has 0 aliphatic heterocycles. The van der Waals surface area contributed by atoms with Gasteiger partial charge in [0.05, 0.1) is 17.7 Å². The molecule has 1 atom stereocenters. The Bertz CT molecular complexity index is 1130. The number of anilines is 2. The molecule has 2 heterocycles. The first-order valence-electron chi connectivity index (χ1n) is 11.7. The van der Waals surface area contributed by atoms with Crippen LogP contribution >= 0.6 is 0 Å². The van der Waals surface area contributed by atoms with Gasteiger partial charge < -0.3 is 19.9 Å². The fourth-order valence-electron chi connectivity index (χ4n) is 3.71. The maximum Gasteiger partial charge on any atom is 0.341 e. The molecule has 2 aromatic heterocycles. The highest BCUT2D eigenvalue weighted by atomic mass is 16.6. The molecule has 0 spiro atoms. The Morgan fingerprint density at radius 1 is 1.27 bits per heavy atom. The van der Waals surface area contributed by atoms with E-state index in [-0.39, 0.29) is 5.97 Å². The number of hydrogen-bond acceptors (Lipinski definition) is 6. The van der Waals surface area contributed by atoms with E-state index in [2.05, 4.69) is 17.2 Å². The van der Waals surface area contributed by atoms with Crippen molar-refractivity contribution in [3.8, 4) is 0 Å². The SMILES string of the molecule is CCCCOC(=O)c1cc(C2CC2)cnc1Nc1ccc2c(ccn2C(O)OC(C)(C)C)c1. The first-order valence-corrected chi connectivity index (χ1v) is 11.7. The Kier molecular flexibility index (Phi) is 6.72. The third kappa shape index (κ3) is 5.72. The quantitative estimate of drug-likeness (QED) is 0.240. The lowest BCUT2D eigenvalue weighted by molar-refractivity contribution is -0.207. The van der Waals surface area contributed by atoms with E-state index in [1.54, 1.807) is 10.8 Å². The molecule has 0 saturated heterocycles. The van der Waals surface area contributed by atoms with Crippen molar-refractivity contribution in [3.05, 3.63) is 53.9 Å². The first kappa shape index (κ1) is 23.3. The Morgan fingerprint density at radius 3 is 2.76 bits per heavy atom. The van der Waals surface area contributed by atoms with Crippen molar-refractivity contribution in [2.45, 2.75) is 71.3 Å². The largest absolute Gasteiger partial charge is 0.462 e. The summed E-state index contributed by atoms with van der Waals surface area (Å²) in [7, 11) is 0. The number of pyridine rings is 1. The van der Waals surface area contributed by atoms with Gasteiger partial charge in [-0.25, -0.2) is 9.78 Å². The molecule has 0 radical (unpaired) electrons. The number of ether oxygens (including phenoxy) is 2. The predicted octanol–water partition coefficient (Wildman–Crippen LogP) is 5.88. The first-order chi connectivity index (χ1) is 15.7. The Labute approximate surface area is 194 Å². The molecule has 3 aromatic rings. The van der Waals surface area contributed by atoms with Crippen LogP contribution in [0.25, 0.3) is 10.9 Å². The van der Waals surface area contributed by atoms with Crippen LogP contribution < -0.4 is 5.32 Å². The van der Waals surface area contributed by atoms with Crippen molar-refractivity contribution in [1.29, 1.82) is 0 Å². The number of aromatic nitrogens is 2. The molecule has 33 heavy (non-hydrogen) atoms. The van der Waals surface area contributed by atoms with Crippen LogP contribution in [0.1, 0.15) is 81.6 Å². The Morgan fingerprint density at radius 2 is 2.06 bits per heavy atom. The summed E-state index contributed by atoms with van der Waals surface area (Å²) in [6, 6.07) is 9.59. The van der Waals surface area contributed by atoms with Crippen molar-refractivity contribution in [2.24, 2.45) is 0 Å². The molecule has 0 amide bonds. The lowest BCUT2D eigenvalue weighted by Crippen LogP contribution is -2.25. The number of benzene rings is 1. The van der Waals surface area contributed by atoms with Crippen LogP contribution in [0.4, 0.5) is 11.5 Å². The molecule has 176 valence electrons. The summed E-state index contributed by atoms with van der Waals surface area (Å²) < 4.78 is 12.8. The van der Waals surface area contributed by atoms with Gasteiger partial charge in [0, 0.05) is 23.5 Å². The van der Waals surface area contributed by atoms with Gasteiger partial charge in [0.2, 0.25) is 6.41 Å². The summed E-state index contributed by atoms with van der Waals surface area (Å²) in [5, 5.41) is 14.7. The highest BCUT2D eigenvalue weighted by molar-refractivity contribution is 5.96. The molecule has 0 bridgehead atoms. The van der Waals surface area contributed by atoms with Crippen LogP contribution in [0.3, 0.4) is 0 Å². The van der Waals surface area contributed by atoms with Crippen molar-refractivity contribution >= 4 is 28.4 Å². The van der Waals surface area contributed by atoms with Crippen molar-refractivity contribution in [1.82, 2.24) is 9.55 Å². The molecule has 1 aliphatic carbocycles. The number of carbonyl (C=O) groups excluding carboxylic acids is 1. The van der Waals surface area contributed by atoms with Gasteiger partial charge in [-0.05, 0) is 81.8 Å². The zero-order valence-corrected chi connectivity index (χ0v) is 19.8. The molecular weight excluding hydrogens is 418 g/mol. The van der Waals surface area contributed by atoms with Gasteiger partial charge in [0.25, 0.3) is 0 Å². The molecule has 1 unspecified atom stereocenters. The maximum absolute atomic E-state index is 12.8. The average molecular weight is 452 g/mol. The molecule has 1 saturated carbocycles. The van der Waals surface area contributed by atoms with Gasteiger partial charge in [-0.1, -0.05) is 13.3 Å². The predicted molar refractivity (Wildman–Crippen MR) is 129 cm³/mol. The normalized spacial score (nSPS) is 14.9. The van der Waals surface area contributed by atoms with Crippen LogP contribution in [0.2, 0.25) is 0 Å². The fraction of sp³-hybridized carbons (Fsp3) is 0.462. The molecule has 4 rings (SSSR count). The number of esters is 1. The minimum atomic E-state index is -1.08. The second-order valence-electron chi connectivity index (χ2n) is 9.61. The summed E-state index contributed by atoms with van der Waals surface area (Å²) in [6.45, 7) is 8.16. The van der Waals surface area contributed by atoms with Crippen LogP contribution in [-0.2, 0) is 9.47 Å². The molecule has 7 heteroatoms.